The maximum absolute atomic E-state index is 12.5. The van der Waals surface area contributed by atoms with Gasteiger partial charge in [-0.15, -0.1) is 11.8 Å². The van der Waals surface area contributed by atoms with Crippen molar-refractivity contribution in [3.8, 4) is 5.75 Å². The molecule has 0 radical (unpaired) electrons. The first-order valence-corrected chi connectivity index (χ1v) is 11.7. The van der Waals surface area contributed by atoms with Crippen molar-refractivity contribution in [2.75, 3.05) is 30.0 Å². The zero-order chi connectivity index (χ0) is 20.7. The highest BCUT2D eigenvalue weighted by molar-refractivity contribution is 7.99. The molecule has 152 valence electrons. The number of amides is 1. The maximum atomic E-state index is 12.5. The van der Waals surface area contributed by atoms with Crippen molar-refractivity contribution in [2.45, 2.75) is 17.9 Å². The lowest BCUT2D eigenvalue weighted by Crippen LogP contribution is -2.48. The van der Waals surface area contributed by atoms with E-state index in [2.05, 4.69) is 5.32 Å². The average molecular weight is 443 g/mol. The van der Waals surface area contributed by atoms with E-state index in [-0.39, 0.29) is 5.91 Å². The number of carbonyl (C=O) groups excluding carboxylic acids is 1. The third-order valence-electron chi connectivity index (χ3n) is 3.90. The van der Waals surface area contributed by atoms with Crippen LogP contribution < -0.4 is 14.4 Å². The van der Waals surface area contributed by atoms with Crippen LogP contribution in [0.15, 0.2) is 53.4 Å². The lowest BCUT2D eigenvalue weighted by Gasteiger charge is -2.28. The molecule has 2 aromatic rings. The van der Waals surface area contributed by atoms with Gasteiger partial charge in [0.1, 0.15) is 11.8 Å². The molecule has 1 N–H and O–H groups in total. The number of methoxy groups -OCH3 is 1. The Morgan fingerprint density at radius 1 is 1.18 bits per heavy atom. The zero-order valence-corrected chi connectivity index (χ0v) is 18.3. The van der Waals surface area contributed by atoms with E-state index in [1.165, 1.54) is 7.11 Å². The molecule has 0 fully saturated rings. The predicted octanol–water partition coefficient (Wildman–Crippen LogP) is 3.41. The first-order chi connectivity index (χ1) is 13.2. The monoisotopic (exact) mass is 442 g/mol. The zero-order valence-electron chi connectivity index (χ0n) is 15.9. The summed E-state index contributed by atoms with van der Waals surface area (Å²) in [4.78, 5) is 13.6. The molecule has 28 heavy (non-hydrogen) atoms. The van der Waals surface area contributed by atoms with Gasteiger partial charge in [-0.2, -0.15) is 0 Å². The lowest BCUT2D eigenvalue weighted by molar-refractivity contribution is -0.121. The van der Waals surface area contributed by atoms with Crippen LogP contribution in [0.2, 0.25) is 5.02 Å². The van der Waals surface area contributed by atoms with E-state index in [0.717, 1.165) is 15.5 Å². The molecule has 0 aliphatic carbocycles. The Kier molecular flexibility index (Phi) is 8.03. The van der Waals surface area contributed by atoms with Gasteiger partial charge in [-0.3, -0.25) is 9.10 Å². The van der Waals surface area contributed by atoms with Crippen molar-refractivity contribution in [2.24, 2.45) is 0 Å². The van der Waals surface area contributed by atoms with Gasteiger partial charge in [-0.25, -0.2) is 8.42 Å². The van der Waals surface area contributed by atoms with E-state index in [9.17, 15) is 13.2 Å². The molecule has 0 saturated heterocycles. The van der Waals surface area contributed by atoms with E-state index < -0.39 is 16.1 Å². The summed E-state index contributed by atoms with van der Waals surface area (Å²) in [5, 5.41) is 3.46. The average Bonchev–Trinajstić information content (AvgIpc) is 2.66. The van der Waals surface area contributed by atoms with Crippen molar-refractivity contribution in [1.29, 1.82) is 0 Å². The van der Waals surface area contributed by atoms with Crippen LogP contribution in [0.3, 0.4) is 0 Å². The highest BCUT2D eigenvalue weighted by Crippen LogP contribution is 2.24. The number of carbonyl (C=O) groups is 1. The second-order valence-corrected chi connectivity index (χ2v) is 9.49. The second kappa shape index (κ2) is 10.0. The summed E-state index contributed by atoms with van der Waals surface area (Å²) >= 11 is 7.43. The predicted molar refractivity (Wildman–Crippen MR) is 115 cm³/mol. The third-order valence-corrected chi connectivity index (χ3v) is 6.41. The number of rotatable bonds is 9. The van der Waals surface area contributed by atoms with Gasteiger partial charge in [0.25, 0.3) is 0 Å². The van der Waals surface area contributed by atoms with Gasteiger partial charge in [0.15, 0.2) is 0 Å². The number of benzene rings is 2. The van der Waals surface area contributed by atoms with Gasteiger partial charge in [0, 0.05) is 22.2 Å². The summed E-state index contributed by atoms with van der Waals surface area (Å²) in [6.45, 7) is 1.98. The number of nitrogens with one attached hydrogen (secondary N) is 1. The highest BCUT2D eigenvalue weighted by atomic mass is 35.5. The minimum atomic E-state index is -3.65. The molecule has 0 aliphatic heterocycles. The number of anilines is 1. The SMILES string of the molecule is COc1ccc(N([C@@H](C)C(=O)NCCSc2ccc(Cl)cc2)S(C)(=O)=O)cc1. The molecular formula is C19H23ClN2O4S2. The van der Waals surface area contributed by atoms with Crippen molar-refractivity contribution in [3.05, 3.63) is 53.6 Å². The molecule has 0 saturated carbocycles. The summed E-state index contributed by atoms with van der Waals surface area (Å²) in [6.07, 6.45) is 1.08. The molecule has 6 nitrogen and oxygen atoms in total. The number of ether oxygens (including phenoxy) is 1. The number of hydrogen-bond donors (Lipinski definition) is 1. The second-order valence-electron chi connectivity index (χ2n) is 6.03. The molecule has 0 spiro atoms. The number of nitrogens with zero attached hydrogens (tertiary/aromatic N) is 1. The van der Waals surface area contributed by atoms with Gasteiger partial charge < -0.3 is 10.1 Å². The summed E-state index contributed by atoms with van der Waals surface area (Å²) < 4.78 is 30.7. The molecule has 0 aliphatic rings. The molecule has 0 aromatic heterocycles. The topological polar surface area (TPSA) is 75.7 Å². The molecule has 0 bridgehead atoms. The Labute approximate surface area is 175 Å². The van der Waals surface area contributed by atoms with Gasteiger partial charge in [0.2, 0.25) is 15.9 Å². The Morgan fingerprint density at radius 2 is 1.79 bits per heavy atom. The fraction of sp³-hybridized carbons (Fsp3) is 0.316. The van der Waals surface area contributed by atoms with Crippen molar-refractivity contribution in [1.82, 2.24) is 5.32 Å². The van der Waals surface area contributed by atoms with Gasteiger partial charge >= 0.3 is 0 Å². The molecule has 0 heterocycles. The summed E-state index contributed by atoms with van der Waals surface area (Å²) in [7, 11) is -2.12. The van der Waals surface area contributed by atoms with Gasteiger partial charge in [0.05, 0.1) is 19.1 Å². The Morgan fingerprint density at radius 3 is 2.32 bits per heavy atom. The van der Waals surface area contributed by atoms with Crippen LogP contribution in [0, 0.1) is 0 Å². The van der Waals surface area contributed by atoms with Crippen molar-refractivity contribution < 1.29 is 17.9 Å². The first kappa shape index (κ1) is 22.4. The molecular weight excluding hydrogens is 420 g/mol. The normalized spacial score (nSPS) is 12.3. The number of thioether (sulfide) groups is 1. The third kappa shape index (κ3) is 6.32. The highest BCUT2D eigenvalue weighted by Gasteiger charge is 2.28. The van der Waals surface area contributed by atoms with Crippen LogP contribution in [0.4, 0.5) is 5.69 Å². The van der Waals surface area contributed by atoms with E-state index in [1.807, 2.05) is 24.3 Å². The van der Waals surface area contributed by atoms with Gasteiger partial charge in [-0.05, 0) is 55.5 Å². The number of hydrogen-bond acceptors (Lipinski definition) is 5. The van der Waals surface area contributed by atoms with E-state index in [0.29, 0.717) is 28.8 Å². The van der Waals surface area contributed by atoms with E-state index >= 15 is 0 Å². The van der Waals surface area contributed by atoms with E-state index in [4.69, 9.17) is 16.3 Å². The van der Waals surface area contributed by atoms with Crippen molar-refractivity contribution >= 4 is 45.0 Å². The fourth-order valence-electron chi connectivity index (χ4n) is 2.56. The molecule has 9 heteroatoms. The molecule has 2 aromatic carbocycles. The number of sulfonamides is 1. The maximum Gasteiger partial charge on any atom is 0.243 e. The Balaban J connectivity index is 1.97. The Hall–Kier alpha value is -1.90. The lowest BCUT2D eigenvalue weighted by atomic mass is 10.2. The van der Waals surface area contributed by atoms with Crippen LogP contribution in [0.25, 0.3) is 0 Å². The summed E-state index contributed by atoms with van der Waals surface area (Å²) in [5.41, 5.74) is 0.404. The van der Waals surface area contributed by atoms with Crippen molar-refractivity contribution in [3.63, 3.8) is 0 Å². The van der Waals surface area contributed by atoms with Gasteiger partial charge in [-0.1, -0.05) is 11.6 Å². The fourth-order valence-corrected chi connectivity index (χ4v) is 4.63. The summed E-state index contributed by atoms with van der Waals surface area (Å²) in [5.74, 6) is 0.896. The quantitative estimate of drug-likeness (QED) is 0.475. The number of halogens is 1. The van der Waals surface area contributed by atoms with E-state index in [1.54, 1.807) is 43.0 Å². The molecule has 1 amide bonds. The minimum Gasteiger partial charge on any atom is -0.497 e. The molecule has 0 unspecified atom stereocenters. The summed E-state index contributed by atoms with van der Waals surface area (Å²) in [6, 6.07) is 13.1. The smallest absolute Gasteiger partial charge is 0.243 e. The first-order valence-electron chi connectivity index (χ1n) is 8.52. The Bertz CT molecular complexity index is 887. The standard InChI is InChI=1S/C19H23ClN2O4S2/c1-14(19(23)21-12-13-27-18-10-4-15(20)5-11-18)22(28(3,24)25)16-6-8-17(26-2)9-7-16/h4-11,14H,12-13H2,1-3H3,(H,21,23)/t14-/m0/s1. The minimum absolute atomic E-state index is 0.363. The van der Waals surface area contributed by atoms with Crippen LogP contribution in [0.1, 0.15) is 6.92 Å². The molecule has 2 rings (SSSR count). The largest absolute Gasteiger partial charge is 0.497 e. The molecule has 1 atom stereocenters. The van der Waals surface area contributed by atoms with Crippen LogP contribution in [-0.2, 0) is 14.8 Å². The van der Waals surface area contributed by atoms with Crippen LogP contribution in [0.5, 0.6) is 5.75 Å². The van der Waals surface area contributed by atoms with Crippen LogP contribution in [-0.4, -0.2) is 46.0 Å². The van der Waals surface area contributed by atoms with Crippen LogP contribution >= 0.6 is 23.4 Å².